The van der Waals surface area contributed by atoms with Crippen molar-refractivity contribution in [2.45, 2.75) is 51.8 Å². The minimum absolute atomic E-state index is 0.0485. The number of aromatic nitrogens is 2. The van der Waals surface area contributed by atoms with Crippen LogP contribution in [0.2, 0.25) is 0 Å². The van der Waals surface area contributed by atoms with Crippen molar-refractivity contribution in [3.8, 4) is 0 Å². The first-order chi connectivity index (χ1) is 9.55. The van der Waals surface area contributed by atoms with E-state index in [0.717, 1.165) is 26.1 Å². The highest BCUT2D eigenvalue weighted by molar-refractivity contribution is 5.23. The lowest BCUT2D eigenvalue weighted by molar-refractivity contribution is -0.0941. The molecule has 5 heteroatoms. The third kappa shape index (κ3) is 2.75. The van der Waals surface area contributed by atoms with E-state index in [1.54, 1.807) is 0 Å². The van der Waals surface area contributed by atoms with Crippen molar-refractivity contribution in [3.63, 3.8) is 0 Å². The smallest absolute Gasteiger partial charge is 0.114 e. The van der Waals surface area contributed by atoms with E-state index in [4.69, 9.17) is 14.5 Å². The van der Waals surface area contributed by atoms with Crippen LogP contribution in [0, 0.1) is 0 Å². The monoisotopic (exact) mass is 279 g/mol. The summed E-state index contributed by atoms with van der Waals surface area (Å²) in [6.07, 6.45) is 1.20. The van der Waals surface area contributed by atoms with E-state index < -0.39 is 0 Å². The third-order valence-corrected chi connectivity index (χ3v) is 3.93. The number of ether oxygens (including phenoxy) is 2. The van der Waals surface area contributed by atoms with Gasteiger partial charge in [-0.25, -0.2) is 4.98 Å². The maximum atomic E-state index is 5.82. The Hall–Kier alpha value is -0.910. The van der Waals surface area contributed by atoms with Gasteiger partial charge in [0.15, 0.2) is 0 Å². The van der Waals surface area contributed by atoms with E-state index in [-0.39, 0.29) is 11.5 Å². The highest BCUT2D eigenvalue weighted by Crippen LogP contribution is 2.27. The minimum atomic E-state index is 0.0485. The molecule has 5 nitrogen and oxygen atoms in total. The van der Waals surface area contributed by atoms with Crippen molar-refractivity contribution in [1.82, 2.24) is 14.9 Å². The van der Waals surface area contributed by atoms with Gasteiger partial charge in [0.25, 0.3) is 0 Å². The molecular formula is C15H25N3O2. The van der Waals surface area contributed by atoms with Crippen LogP contribution in [0.4, 0.5) is 0 Å². The fraction of sp³-hybridized carbons (Fsp3) is 0.800. The van der Waals surface area contributed by atoms with Crippen molar-refractivity contribution in [2.75, 3.05) is 26.4 Å². The van der Waals surface area contributed by atoms with Crippen LogP contribution in [-0.4, -0.2) is 42.0 Å². The Kier molecular flexibility index (Phi) is 3.84. The summed E-state index contributed by atoms with van der Waals surface area (Å²) in [6.45, 7) is 11.6. The quantitative estimate of drug-likeness (QED) is 0.885. The van der Waals surface area contributed by atoms with Crippen molar-refractivity contribution in [3.05, 3.63) is 17.2 Å². The number of hydrogen-bond donors (Lipinski definition) is 1. The Morgan fingerprint density at radius 2 is 2.20 bits per heavy atom. The second-order valence-electron chi connectivity index (χ2n) is 6.68. The molecule has 1 fully saturated rings. The van der Waals surface area contributed by atoms with Crippen LogP contribution < -0.4 is 5.32 Å². The van der Waals surface area contributed by atoms with E-state index in [2.05, 4.69) is 30.7 Å². The summed E-state index contributed by atoms with van der Waals surface area (Å²) in [4.78, 5) is 4.89. The minimum Gasteiger partial charge on any atom is -0.376 e. The molecule has 1 unspecified atom stereocenters. The molecule has 0 radical (unpaired) electrons. The number of rotatable bonds is 2. The van der Waals surface area contributed by atoms with Gasteiger partial charge in [-0.15, -0.1) is 0 Å². The van der Waals surface area contributed by atoms with Gasteiger partial charge < -0.3 is 19.4 Å². The van der Waals surface area contributed by atoms with Crippen LogP contribution in [0.1, 0.15) is 38.0 Å². The molecule has 2 aliphatic rings. The zero-order valence-electron chi connectivity index (χ0n) is 12.7. The number of hydrogen-bond acceptors (Lipinski definition) is 4. The Labute approximate surface area is 120 Å². The summed E-state index contributed by atoms with van der Waals surface area (Å²) in [5.74, 6) is 1.17. The second kappa shape index (κ2) is 5.47. The van der Waals surface area contributed by atoms with Crippen LogP contribution in [0.5, 0.6) is 0 Å². The molecule has 0 bridgehead atoms. The lowest BCUT2D eigenvalue weighted by Gasteiger charge is -2.28. The van der Waals surface area contributed by atoms with Gasteiger partial charge in [-0.1, -0.05) is 20.8 Å². The van der Waals surface area contributed by atoms with Crippen LogP contribution in [0.15, 0.2) is 0 Å². The number of nitrogens with one attached hydrogen (secondary N) is 1. The standard InChI is InChI=1S/C15H25N3O2/c1-15(2,3)14-17-12-8-16-5-4-13(12)18(14)9-11-10-19-6-7-20-11/h11,16H,4-10H2,1-3H3. The fourth-order valence-corrected chi connectivity index (χ4v) is 2.99. The maximum Gasteiger partial charge on any atom is 0.114 e. The zero-order chi connectivity index (χ0) is 14.2. The topological polar surface area (TPSA) is 48.3 Å². The van der Waals surface area contributed by atoms with Crippen molar-refractivity contribution in [2.24, 2.45) is 0 Å². The van der Waals surface area contributed by atoms with Crippen LogP contribution in [-0.2, 0) is 34.4 Å². The van der Waals surface area contributed by atoms with Gasteiger partial charge >= 0.3 is 0 Å². The molecule has 3 heterocycles. The molecule has 1 N–H and O–H groups in total. The molecule has 1 saturated heterocycles. The first kappa shape index (κ1) is 14.0. The van der Waals surface area contributed by atoms with Gasteiger partial charge in [0.05, 0.1) is 38.2 Å². The Morgan fingerprint density at radius 1 is 1.35 bits per heavy atom. The van der Waals surface area contributed by atoms with Crippen LogP contribution in [0.25, 0.3) is 0 Å². The van der Waals surface area contributed by atoms with Gasteiger partial charge in [-0.3, -0.25) is 0 Å². The Balaban J connectivity index is 1.91. The summed E-state index contributed by atoms with van der Waals surface area (Å²) in [5, 5.41) is 3.40. The Morgan fingerprint density at radius 3 is 2.90 bits per heavy atom. The average Bonchev–Trinajstić information content (AvgIpc) is 2.79. The van der Waals surface area contributed by atoms with Gasteiger partial charge in [-0.05, 0) is 0 Å². The van der Waals surface area contributed by atoms with E-state index in [0.29, 0.717) is 19.8 Å². The van der Waals surface area contributed by atoms with Crippen molar-refractivity contribution >= 4 is 0 Å². The SMILES string of the molecule is CC(C)(C)c1nc2c(n1CC1COCCO1)CCNC2. The highest BCUT2D eigenvalue weighted by Gasteiger charge is 2.28. The van der Waals surface area contributed by atoms with E-state index in [1.807, 2.05) is 0 Å². The van der Waals surface area contributed by atoms with Crippen molar-refractivity contribution in [1.29, 1.82) is 0 Å². The lowest BCUT2D eigenvalue weighted by atomic mass is 9.95. The molecule has 2 aliphatic heterocycles. The summed E-state index contributed by atoms with van der Waals surface area (Å²) >= 11 is 0. The molecule has 20 heavy (non-hydrogen) atoms. The molecule has 0 aromatic carbocycles. The number of fused-ring (bicyclic) bond motifs is 1. The van der Waals surface area contributed by atoms with Crippen molar-refractivity contribution < 1.29 is 9.47 Å². The molecule has 1 aromatic heterocycles. The average molecular weight is 279 g/mol. The summed E-state index contributed by atoms with van der Waals surface area (Å²) in [6, 6.07) is 0. The van der Waals surface area contributed by atoms with Gasteiger partial charge in [-0.2, -0.15) is 0 Å². The second-order valence-corrected chi connectivity index (χ2v) is 6.68. The lowest BCUT2D eigenvalue weighted by Crippen LogP contribution is -2.35. The first-order valence-electron chi connectivity index (χ1n) is 7.54. The molecule has 1 aromatic rings. The molecule has 3 rings (SSSR count). The predicted octanol–water partition coefficient (Wildman–Crippen LogP) is 1.24. The molecular weight excluding hydrogens is 254 g/mol. The number of nitrogens with zero attached hydrogens (tertiary/aromatic N) is 2. The molecule has 112 valence electrons. The van der Waals surface area contributed by atoms with Gasteiger partial charge in [0.1, 0.15) is 5.82 Å². The van der Waals surface area contributed by atoms with Crippen LogP contribution >= 0.6 is 0 Å². The van der Waals surface area contributed by atoms with Gasteiger partial charge in [0.2, 0.25) is 0 Å². The van der Waals surface area contributed by atoms with E-state index in [9.17, 15) is 0 Å². The highest BCUT2D eigenvalue weighted by atomic mass is 16.6. The van der Waals surface area contributed by atoms with E-state index in [1.165, 1.54) is 17.2 Å². The van der Waals surface area contributed by atoms with Gasteiger partial charge in [0, 0.05) is 30.6 Å². The largest absolute Gasteiger partial charge is 0.376 e. The summed E-state index contributed by atoms with van der Waals surface area (Å²) < 4.78 is 13.7. The molecule has 0 saturated carbocycles. The third-order valence-electron chi connectivity index (χ3n) is 3.93. The molecule has 0 amide bonds. The summed E-state index contributed by atoms with van der Waals surface area (Å²) in [5.41, 5.74) is 2.63. The number of imidazole rings is 1. The molecule has 1 atom stereocenters. The molecule has 0 aliphatic carbocycles. The summed E-state index contributed by atoms with van der Waals surface area (Å²) in [7, 11) is 0. The fourth-order valence-electron chi connectivity index (χ4n) is 2.99. The maximum absolute atomic E-state index is 5.82. The molecule has 0 spiro atoms. The normalized spacial score (nSPS) is 23.6. The Bertz CT molecular complexity index is 470. The predicted molar refractivity (Wildman–Crippen MR) is 76.9 cm³/mol. The first-order valence-corrected chi connectivity index (χ1v) is 7.54. The zero-order valence-corrected chi connectivity index (χ0v) is 12.7. The van der Waals surface area contributed by atoms with Crippen LogP contribution in [0.3, 0.4) is 0 Å². The van der Waals surface area contributed by atoms with E-state index >= 15 is 0 Å².